The summed E-state index contributed by atoms with van der Waals surface area (Å²) >= 11 is 0. The molecule has 1 heterocycles. The van der Waals surface area contributed by atoms with Crippen LogP contribution in [0.4, 0.5) is 0 Å². The summed E-state index contributed by atoms with van der Waals surface area (Å²) in [6, 6.07) is 8.23. The second-order valence-electron chi connectivity index (χ2n) is 5.47. The van der Waals surface area contributed by atoms with Crippen LogP contribution in [0.2, 0.25) is 0 Å². The summed E-state index contributed by atoms with van der Waals surface area (Å²) in [7, 11) is 4.54. The molecule has 1 aromatic carbocycles. The van der Waals surface area contributed by atoms with E-state index in [9.17, 15) is 9.59 Å². The molecule has 0 aliphatic carbocycles. The molecule has 1 amide bonds. The minimum Gasteiger partial charge on any atom is -0.497 e. The van der Waals surface area contributed by atoms with Crippen molar-refractivity contribution < 1.29 is 33.3 Å². The Bertz CT molecular complexity index is 746. The molecule has 2 rings (SSSR count). The van der Waals surface area contributed by atoms with Crippen molar-refractivity contribution in [2.75, 3.05) is 27.9 Å². The SMILES string of the molecule is COCc1ccc(C(=O)N(CC(=O)O)Cc2cc(OC)cc(OC)c2)o1. The molecule has 0 aliphatic rings. The van der Waals surface area contributed by atoms with Gasteiger partial charge in [0.1, 0.15) is 30.4 Å². The highest BCUT2D eigenvalue weighted by molar-refractivity contribution is 5.93. The summed E-state index contributed by atoms with van der Waals surface area (Å²) in [5.41, 5.74) is 0.666. The van der Waals surface area contributed by atoms with Gasteiger partial charge in [0.05, 0.1) is 14.2 Å². The molecule has 0 atom stereocenters. The maximum absolute atomic E-state index is 12.7. The molecule has 0 aliphatic heterocycles. The summed E-state index contributed by atoms with van der Waals surface area (Å²) < 4.78 is 20.8. The van der Waals surface area contributed by atoms with Gasteiger partial charge in [0.25, 0.3) is 5.91 Å². The van der Waals surface area contributed by atoms with Crippen LogP contribution in [0.25, 0.3) is 0 Å². The zero-order valence-electron chi connectivity index (χ0n) is 14.9. The normalized spacial score (nSPS) is 10.4. The first-order chi connectivity index (χ1) is 12.5. The first-order valence-corrected chi connectivity index (χ1v) is 7.77. The summed E-state index contributed by atoms with van der Waals surface area (Å²) in [6.07, 6.45) is 0. The van der Waals surface area contributed by atoms with E-state index in [0.717, 1.165) is 0 Å². The number of furan rings is 1. The molecule has 1 aromatic heterocycles. The van der Waals surface area contributed by atoms with Gasteiger partial charge in [0.15, 0.2) is 5.76 Å². The van der Waals surface area contributed by atoms with Gasteiger partial charge in [-0.2, -0.15) is 0 Å². The number of amides is 1. The largest absolute Gasteiger partial charge is 0.497 e. The maximum atomic E-state index is 12.7. The van der Waals surface area contributed by atoms with E-state index in [-0.39, 0.29) is 18.9 Å². The van der Waals surface area contributed by atoms with Gasteiger partial charge in [-0.05, 0) is 29.8 Å². The van der Waals surface area contributed by atoms with Crippen LogP contribution >= 0.6 is 0 Å². The molecule has 0 saturated carbocycles. The van der Waals surface area contributed by atoms with Gasteiger partial charge in [-0.3, -0.25) is 9.59 Å². The molecule has 0 fully saturated rings. The molecule has 26 heavy (non-hydrogen) atoms. The number of carboxylic acid groups (broad SMARTS) is 1. The predicted molar refractivity (Wildman–Crippen MR) is 91.3 cm³/mol. The average Bonchev–Trinajstić information content (AvgIpc) is 3.08. The molecule has 8 nitrogen and oxygen atoms in total. The zero-order valence-corrected chi connectivity index (χ0v) is 14.9. The number of aliphatic carboxylic acids is 1. The summed E-state index contributed by atoms with van der Waals surface area (Å²) in [5.74, 6) is -0.0411. The quantitative estimate of drug-likeness (QED) is 0.729. The lowest BCUT2D eigenvalue weighted by Gasteiger charge is -2.20. The Morgan fingerprint density at radius 1 is 1.08 bits per heavy atom. The Labute approximate surface area is 150 Å². The summed E-state index contributed by atoms with van der Waals surface area (Å²) in [6.45, 7) is -0.197. The van der Waals surface area contributed by atoms with E-state index >= 15 is 0 Å². The third-order valence-electron chi connectivity index (χ3n) is 3.56. The first kappa shape index (κ1) is 19.3. The highest BCUT2D eigenvalue weighted by atomic mass is 16.5. The second kappa shape index (κ2) is 8.91. The minimum absolute atomic E-state index is 0.0492. The molecule has 2 aromatic rings. The van der Waals surface area contributed by atoms with Gasteiger partial charge < -0.3 is 28.6 Å². The number of carbonyl (C=O) groups is 2. The predicted octanol–water partition coefficient (Wildman–Crippen LogP) is 2.17. The number of benzene rings is 1. The maximum Gasteiger partial charge on any atom is 0.323 e. The third kappa shape index (κ3) is 5.00. The van der Waals surface area contributed by atoms with Gasteiger partial charge in [-0.15, -0.1) is 0 Å². The van der Waals surface area contributed by atoms with Crippen LogP contribution in [-0.4, -0.2) is 49.8 Å². The van der Waals surface area contributed by atoms with Crippen molar-refractivity contribution in [2.24, 2.45) is 0 Å². The van der Waals surface area contributed by atoms with Crippen molar-refractivity contribution in [3.63, 3.8) is 0 Å². The number of hydrogen-bond donors (Lipinski definition) is 1. The molecule has 8 heteroatoms. The van der Waals surface area contributed by atoms with E-state index in [2.05, 4.69) is 0 Å². The fraction of sp³-hybridized carbons (Fsp3) is 0.333. The highest BCUT2D eigenvalue weighted by Crippen LogP contribution is 2.24. The molecule has 140 valence electrons. The number of hydrogen-bond acceptors (Lipinski definition) is 6. The summed E-state index contributed by atoms with van der Waals surface area (Å²) in [4.78, 5) is 25.0. The van der Waals surface area contributed by atoms with Crippen LogP contribution in [-0.2, 0) is 22.7 Å². The first-order valence-electron chi connectivity index (χ1n) is 7.77. The van der Waals surface area contributed by atoms with Crippen molar-refractivity contribution in [1.82, 2.24) is 4.90 Å². The molecule has 0 saturated heterocycles. The van der Waals surface area contributed by atoms with E-state index in [1.807, 2.05) is 0 Å². The Hall–Kier alpha value is -3.00. The van der Waals surface area contributed by atoms with E-state index in [1.54, 1.807) is 24.3 Å². The van der Waals surface area contributed by atoms with Gasteiger partial charge in [-0.1, -0.05) is 0 Å². The second-order valence-corrected chi connectivity index (χ2v) is 5.47. The average molecular weight is 363 g/mol. The Kier molecular flexibility index (Phi) is 6.62. The molecule has 0 radical (unpaired) electrons. The number of carboxylic acids is 1. The Balaban J connectivity index is 2.26. The molecule has 0 spiro atoms. The van der Waals surface area contributed by atoms with E-state index in [1.165, 1.54) is 32.3 Å². The minimum atomic E-state index is -1.13. The van der Waals surface area contributed by atoms with Crippen molar-refractivity contribution in [3.05, 3.63) is 47.4 Å². The zero-order chi connectivity index (χ0) is 19.1. The van der Waals surface area contributed by atoms with Gasteiger partial charge >= 0.3 is 5.97 Å². The lowest BCUT2D eigenvalue weighted by Crippen LogP contribution is -2.35. The smallest absolute Gasteiger partial charge is 0.323 e. The molecule has 0 unspecified atom stereocenters. The van der Waals surface area contributed by atoms with Crippen LogP contribution < -0.4 is 9.47 Å². The van der Waals surface area contributed by atoms with Crippen molar-refractivity contribution in [3.8, 4) is 11.5 Å². The fourth-order valence-corrected chi connectivity index (χ4v) is 2.41. The van der Waals surface area contributed by atoms with Crippen molar-refractivity contribution >= 4 is 11.9 Å². The molecule has 1 N–H and O–H groups in total. The van der Waals surface area contributed by atoms with E-state index < -0.39 is 18.4 Å². The molecule has 0 bridgehead atoms. The van der Waals surface area contributed by atoms with Crippen LogP contribution in [0, 0.1) is 0 Å². The summed E-state index contributed by atoms with van der Waals surface area (Å²) in [5, 5.41) is 9.15. The van der Waals surface area contributed by atoms with Gasteiger partial charge in [0.2, 0.25) is 0 Å². The van der Waals surface area contributed by atoms with Gasteiger partial charge in [-0.25, -0.2) is 0 Å². The van der Waals surface area contributed by atoms with Crippen molar-refractivity contribution in [2.45, 2.75) is 13.2 Å². The molecular formula is C18H21NO7. The van der Waals surface area contributed by atoms with Gasteiger partial charge in [0, 0.05) is 19.7 Å². The van der Waals surface area contributed by atoms with Crippen LogP contribution in [0.15, 0.2) is 34.7 Å². The topological polar surface area (TPSA) is 98.4 Å². The number of ether oxygens (including phenoxy) is 3. The monoisotopic (exact) mass is 363 g/mol. The Morgan fingerprint density at radius 2 is 1.73 bits per heavy atom. The van der Waals surface area contributed by atoms with Crippen LogP contribution in [0.1, 0.15) is 21.9 Å². The third-order valence-corrected chi connectivity index (χ3v) is 3.56. The van der Waals surface area contributed by atoms with E-state index in [0.29, 0.717) is 22.8 Å². The standard InChI is InChI=1S/C18H21NO7/c1-23-11-13-4-5-16(26-13)18(22)19(10-17(20)21)9-12-6-14(24-2)8-15(7-12)25-3/h4-8H,9-11H2,1-3H3,(H,20,21). The fourth-order valence-electron chi connectivity index (χ4n) is 2.41. The molecular weight excluding hydrogens is 342 g/mol. The number of carbonyl (C=O) groups excluding carboxylic acids is 1. The highest BCUT2D eigenvalue weighted by Gasteiger charge is 2.22. The lowest BCUT2D eigenvalue weighted by atomic mass is 10.1. The van der Waals surface area contributed by atoms with Crippen LogP contribution in [0.3, 0.4) is 0 Å². The van der Waals surface area contributed by atoms with Crippen LogP contribution in [0.5, 0.6) is 11.5 Å². The number of rotatable bonds is 9. The van der Waals surface area contributed by atoms with Crippen molar-refractivity contribution in [1.29, 1.82) is 0 Å². The number of nitrogens with zero attached hydrogens (tertiary/aromatic N) is 1. The number of methoxy groups -OCH3 is 3. The van der Waals surface area contributed by atoms with E-state index in [4.69, 9.17) is 23.7 Å². The Morgan fingerprint density at radius 3 is 2.27 bits per heavy atom. The lowest BCUT2D eigenvalue weighted by molar-refractivity contribution is -0.137.